The van der Waals surface area contributed by atoms with Crippen LogP contribution >= 0.6 is 12.2 Å². The van der Waals surface area contributed by atoms with Crippen LogP contribution in [0.5, 0.6) is 0 Å². The maximum Gasteiger partial charge on any atom is 0.335 e. The van der Waals surface area contributed by atoms with Gasteiger partial charge in [0.05, 0.1) is 11.8 Å². The van der Waals surface area contributed by atoms with E-state index in [1.54, 1.807) is 18.3 Å². The molecule has 0 saturated heterocycles. The quantitative estimate of drug-likeness (QED) is 0.454. The Balaban J connectivity index is 2.45. The van der Waals surface area contributed by atoms with Crippen molar-refractivity contribution in [3.05, 3.63) is 52.3 Å². The number of aryl methyl sites for hydroxylation is 2. The molecule has 7 heteroatoms. The van der Waals surface area contributed by atoms with Gasteiger partial charge in [-0.05, 0) is 62.8 Å². The summed E-state index contributed by atoms with van der Waals surface area (Å²) in [5.74, 6) is -0.933. The molecule has 0 unspecified atom stereocenters. The SMILES string of the molecule is Cc1cc(C(=O)O)ccc1-n1c(C)cc(/C=N/NC(N)=S)c1C. The van der Waals surface area contributed by atoms with Crippen molar-refractivity contribution in [3.63, 3.8) is 0 Å². The molecule has 2 aromatic rings. The zero-order chi connectivity index (χ0) is 17.1. The van der Waals surface area contributed by atoms with Gasteiger partial charge in [-0.25, -0.2) is 4.79 Å². The smallest absolute Gasteiger partial charge is 0.335 e. The van der Waals surface area contributed by atoms with Crippen molar-refractivity contribution >= 4 is 29.5 Å². The first-order valence-corrected chi connectivity index (χ1v) is 7.34. The minimum Gasteiger partial charge on any atom is -0.478 e. The minimum absolute atomic E-state index is 0.107. The zero-order valence-corrected chi connectivity index (χ0v) is 13.9. The lowest BCUT2D eigenvalue weighted by atomic mass is 10.1. The van der Waals surface area contributed by atoms with E-state index in [1.807, 2.05) is 32.9 Å². The summed E-state index contributed by atoms with van der Waals surface area (Å²) in [4.78, 5) is 11.1. The largest absolute Gasteiger partial charge is 0.478 e. The number of rotatable bonds is 4. The Morgan fingerprint density at radius 2 is 2.04 bits per heavy atom. The Morgan fingerprint density at radius 3 is 2.61 bits per heavy atom. The third-order valence-corrected chi connectivity index (χ3v) is 3.62. The van der Waals surface area contributed by atoms with E-state index >= 15 is 0 Å². The molecule has 0 aliphatic carbocycles. The van der Waals surface area contributed by atoms with Crippen LogP contribution in [0.2, 0.25) is 0 Å². The van der Waals surface area contributed by atoms with Gasteiger partial charge < -0.3 is 15.4 Å². The fourth-order valence-corrected chi connectivity index (χ4v) is 2.55. The van der Waals surface area contributed by atoms with Gasteiger partial charge in [-0.15, -0.1) is 0 Å². The Bertz CT molecular complexity index is 809. The van der Waals surface area contributed by atoms with Crippen LogP contribution in [-0.2, 0) is 0 Å². The van der Waals surface area contributed by atoms with E-state index in [4.69, 9.17) is 23.1 Å². The lowest BCUT2D eigenvalue weighted by molar-refractivity contribution is 0.0697. The number of nitrogens with one attached hydrogen (secondary N) is 1. The average Bonchev–Trinajstić information content (AvgIpc) is 2.73. The second-order valence-corrected chi connectivity index (χ2v) is 5.64. The minimum atomic E-state index is -0.933. The molecule has 1 heterocycles. The fraction of sp³-hybridized carbons (Fsp3) is 0.188. The summed E-state index contributed by atoms with van der Waals surface area (Å²) >= 11 is 4.70. The van der Waals surface area contributed by atoms with Crippen LogP contribution in [0.25, 0.3) is 5.69 Å². The highest BCUT2D eigenvalue weighted by Gasteiger charge is 2.13. The van der Waals surface area contributed by atoms with Crippen molar-refractivity contribution in [1.82, 2.24) is 9.99 Å². The van der Waals surface area contributed by atoms with Crippen molar-refractivity contribution in [2.24, 2.45) is 10.8 Å². The average molecular weight is 330 g/mol. The summed E-state index contributed by atoms with van der Waals surface area (Å²) in [6, 6.07) is 7.07. The summed E-state index contributed by atoms with van der Waals surface area (Å²) in [5, 5.41) is 13.2. The van der Waals surface area contributed by atoms with Crippen molar-refractivity contribution in [1.29, 1.82) is 0 Å². The number of carboxylic acid groups (broad SMARTS) is 1. The topological polar surface area (TPSA) is 92.6 Å². The molecule has 0 atom stereocenters. The normalized spacial score (nSPS) is 10.9. The number of hydrogen-bond acceptors (Lipinski definition) is 3. The third kappa shape index (κ3) is 3.57. The summed E-state index contributed by atoms with van der Waals surface area (Å²) in [6.45, 7) is 5.85. The molecule has 23 heavy (non-hydrogen) atoms. The zero-order valence-electron chi connectivity index (χ0n) is 13.1. The van der Waals surface area contributed by atoms with E-state index in [-0.39, 0.29) is 10.7 Å². The van der Waals surface area contributed by atoms with Gasteiger partial charge in [-0.1, -0.05) is 0 Å². The van der Waals surface area contributed by atoms with E-state index in [9.17, 15) is 4.79 Å². The van der Waals surface area contributed by atoms with Crippen LogP contribution in [-0.4, -0.2) is 27.0 Å². The van der Waals surface area contributed by atoms with Gasteiger partial charge in [0.2, 0.25) is 0 Å². The van der Waals surface area contributed by atoms with Crippen molar-refractivity contribution in [3.8, 4) is 5.69 Å². The summed E-state index contributed by atoms with van der Waals surface area (Å²) in [7, 11) is 0. The number of nitrogens with zero attached hydrogens (tertiary/aromatic N) is 2. The fourth-order valence-electron chi connectivity index (χ4n) is 2.49. The van der Waals surface area contributed by atoms with Gasteiger partial charge in [0.1, 0.15) is 0 Å². The van der Waals surface area contributed by atoms with Crippen LogP contribution in [0.15, 0.2) is 29.4 Å². The molecule has 0 saturated carbocycles. The molecule has 4 N–H and O–H groups in total. The number of carbonyl (C=O) groups is 1. The molecular weight excluding hydrogens is 312 g/mol. The number of nitrogens with two attached hydrogens (primary N) is 1. The summed E-state index contributed by atoms with van der Waals surface area (Å²) < 4.78 is 2.06. The molecule has 120 valence electrons. The molecule has 0 amide bonds. The van der Waals surface area contributed by atoms with Crippen LogP contribution in [0.3, 0.4) is 0 Å². The Hall–Kier alpha value is -2.67. The van der Waals surface area contributed by atoms with Gasteiger partial charge in [0.15, 0.2) is 5.11 Å². The lowest BCUT2D eigenvalue weighted by Crippen LogP contribution is -2.24. The van der Waals surface area contributed by atoms with Gasteiger partial charge in [-0.3, -0.25) is 5.43 Å². The predicted octanol–water partition coefficient (Wildman–Crippen LogP) is 2.27. The maximum absolute atomic E-state index is 11.1. The second-order valence-electron chi connectivity index (χ2n) is 5.20. The van der Waals surface area contributed by atoms with E-state index in [0.717, 1.165) is 28.2 Å². The highest BCUT2D eigenvalue weighted by Crippen LogP contribution is 2.23. The van der Waals surface area contributed by atoms with E-state index in [1.165, 1.54) is 0 Å². The second kappa shape index (κ2) is 6.62. The van der Waals surface area contributed by atoms with Crippen molar-refractivity contribution in [2.45, 2.75) is 20.8 Å². The molecule has 2 rings (SSSR count). The molecule has 1 aromatic carbocycles. The first kappa shape index (κ1) is 16.7. The van der Waals surface area contributed by atoms with Crippen molar-refractivity contribution < 1.29 is 9.90 Å². The first-order chi connectivity index (χ1) is 10.8. The van der Waals surface area contributed by atoms with E-state index < -0.39 is 5.97 Å². The van der Waals surface area contributed by atoms with Gasteiger partial charge in [0, 0.05) is 22.6 Å². The van der Waals surface area contributed by atoms with Gasteiger partial charge >= 0.3 is 5.97 Å². The van der Waals surface area contributed by atoms with Crippen LogP contribution < -0.4 is 11.2 Å². The lowest BCUT2D eigenvalue weighted by Gasteiger charge is -2.13. The predicted molar refractivity (Wildman–Crippen MR) is 94.5 cm³/mol. The monoisotopic (exact) mass is 330 g/mol. The number of aromatic nitrogens is 1. The van der Waals surface area contributed by atoms with Crippen LogP contribution in [0.1, 0.15) is 32.9 Å². The van der Waals surface area contributed by atoms with E-state index in [2.05, 4.69) is 15.1 Å². The maximum atomic E-state index is 11.1. The Morgan fingerprint density at radius 1 is 1.35 bits per heavy atom. The molecule has 1 aromatic heterocycles. The molecule has 0 fully saturated rings. The molecule has 0 aliphatic heterocycles. The number of carboxylic acids is 1. The number of aromatic carboxylic acids is 1. The molecular formula is C16H18N4O2S. The molecule has 0 bridgehead atoms. The molecule has 0 radical (unpaired) electrons. The molecule has 0 aliphatic rings. The number of hydrogen-bond donors (Lipinski definition) is 3. The first-order valence-electron chi connectivity index (χ1n) is 6.93. The van der Waals surface area contributed by atoms with Gasteiger partial charge in [0.25, 0.3) is 0 Å². The third-order valence-electron chi connectivity index (χ3n) is 3.53. The standard InChI is InChI=1S/C16H18N4O2S/c1-9-6-12(15(21)22)4-5-14(9)20-10(2)7-13(11(20)3)8-18-19-16(17)23/h4-8H,1-3H3,(H,21,22)(H3,17,19,23)/b18-8+. The Kier molecular flexibility index (Phi) is 4.80. The molecule has 6 nitrogen and oxygen atoms in total. The van der Waals surface area contributed by atoms with Gasteiger partial charge in [-0.2, -0.15) is 5.10 Å². The van der Waals surface area contributed by atoms with Crippen LogP contribution in [0, 0.1) is 20.8 Å². The number of benzene rings is 1. The van der Waals surface area contributed by atoms with Crippen LogP contribution in [0.4, 0.5) is 0 Å². The van der Waals surface area contributed by atoms with Crippen molar-refractivity contribution in [2.75, 3.05) is 0 Å². The highest BCUT2D eigenvalue weighted by atomic mass is 32.1. The Labute approximate surface area is 139 Å². The van der Waals surface area contributed by atoms with E-state index in [0.29, 0.717) is 0 Å². The molecule has 0 spiro atoms. The number of hydrazone groups is 1. The summed E-state index contributed by atoms with van der Waals surface area (Å²) in [5.41, 5.74) is 12.9. The highest BCUT2D eigenvalue weighted by molar-refractivity contribution is 7.80. The number of thiocarbonyl (C=S) groups is 1. The summed E-state index contributed by atoms with van der Waals surface area (Å²) in [6.07, 6.45) is 1.65.